The van der Waals surface area contributed by atoms with E-state index in [9.17, 15) is 0 Å². The van der Waals surface area contributed by atoms with E-state index in [0.717, 1.165) is 13.0 Å². The van der Waals surface area contributed by atoms with Crippen LogP contribution in [0.4, 0.5) is 0 Å². The standard InChI is InChI=1S/C14H19N3/c1-9-3-4-10-11-5-6-17(2)13(8-15)14(11)16-12(10)7-9/h3-4,7,13,16H,5-6,8,15H2,1-2H3. The molecule has 90 valence electrons. The summed E-state index contributed by atoms with van der Waals surface area (Å²) < 4.78 is 0. The van der Waals surface area contributed by atoms with Gasteiger partial charge < -0.3 is 10.7 Å². The minimum atomic E-state index is 0.339. The maximum absolute atomic E-state index is 5.90. The number of nitrogens with one attached hydrogen (secondary N) is 1. The molecule has 0 bridgehead atoms. The lowest BCUT2D eigenvalue weighted by Crippen LogP contribution is -2.36. The monoisotopic (exact) mass is 229 g/mol. The van der Waals surface area contributed by atoms with Crippen LogP contribution in [0.3, 0.4) is 0 Å². The van der Waals surface area contributed by atoms with Gasteiger partial charge in [-0.15, -0.1) is 0 Å². The van der Waals surface area contributed by atoms with E-state index in [2.05, 4.69) is 42.1 Å². The number of aryl methyl sites for hydroxylation is 1. The molecule has 17 heavy (non-hydrogen) atoms. The molecule has 1 aromatic heterocycles. The third kappa shape index (κ3) is 1.58. The van der Waals surface area contributed by atoms with Crippen LogP contribution < -0.4 is 5.73 Å². The number of nitrogens with zero attached hydrogens (tertiary/aromatic N) is 1. The molecule has 0 spiro atoms. The van der Waals surface area contributed by atoms with E-state index in [-0.39, 0.29) is 0 Å². The van der Waals surface area contributed by atoms with Crippen molar-refractivity contribution in [1.29, 1.82) is 0 Å². The molecule has 3 nitrogen and oxygen atoms in total. The molecule has 0 fully saturated rings. The highest BCUT2D eigenvalue weighted by Gasteiger charge is 2.26. The summed E-state index contributed by atoms with van der Waals surface area (Å²) in [5, 5.41) is 1.37. The fraction of sp³-hybridized carbons (Fsp3) is 0.429. The molecular formula is C14H19N3. The average Bonchev–Trinajstić information content (AvgIpc) is 2.66. The second-order valence-corrected chi connectivity index (χ2v) is 5.05. The van der Waals surface area contributed by atoms with Crippen LogP contribution in [0.25, 0.3) is 10.9 Å². The predicted molar refractivity (Wildman–Crippen MR) is 71.2 cm³/mol. The quantitative estimate of drug-likeness (QED) is 0.785. The van der Waals surface area contributed by atoms with Crippen LogP contribution in [0.5, 0.6) is 0 Å². The second kappa shape index (κ2) is 3.86. The first kappa shape index (κ1) is 10.8. The first-order valence-electron chi connectivity index (χ1n) is 6.22. The van der Waals surface area contributed by atoms with E-state index in [1.807, 2.05) is 0 Å². The number of rotatable bonds is 1. The van der Waals surface area contributed by atoms with E-state index in [4.69, 9.17) is 5.73 Å². The Labute approximate surface area is 102 Å². The van der Waals surface area contributed by atoms with Gasteiger partial charge >= 0.3 is 0 Å². The van der Waals surface area contributed by atoms with Crippen LogP contribution in [-0.4, -0.2) is 30.0 Å². The van der Waals surface area contributed by atoms with E-state index in [1.165, 1.54) is 27.7 Å². The number of aromatic amines is 1. The fourth-order valence-corrected chi connectivity index (χ4v) is 2.91. The summed E-state index contributed by atoms with van der Waals surface area (Å²) in [5.41, 5.74) is 11.2. The van der Waals surface area contributed by atoms with Gasteiger partial charge in [0.1, 0.15) is 0 Å². The molecule has 0 radical (unpaired) electrons. The lowest BCUT2D eigenvalue weighted by Gasteiger charge is -2.31. The van der Waals surface area contributed by atoms with Crippen molar-refractivity contribution in [2.75, 3.05) is 20.1 Å². The molecule has 3 heteroatoms. The molecule has 2 aromatic rings. The Kier molecular flexibility index (Phi) is 2.45. The molecule has 0 saturated heterocycles. The van der Waals surface area contributed by atoms with Gasteiger partial charge in [0.25, 0.3) is 0 Å². The SMILES string of the molecule is Cc1ccc2c3c([nH]c2c1)C(CN)N(C)CC3. The van der Waals surface area contributed by atoms with E-state index < -0.39 is 0 Å². The van der Waals surface area contributed by atoms with Gasteiger partial charge in [-0.25, -0.2) is 0 Å². The highest BCUT2D eigenvalue weighted by molar-refractivity contribution is 5.85. The van der Waals surface area contributed by atoms with E-state index >= 15 is 0 Å². The van der Waals surface area contributed by atoms with Crippen LogP contribution in [0.1, 0.15) is 22.9 Å². The van der Waals surface area contributed by atoms with Crippen LogP contribution in [0.15, 0.2) is 18.2 Å². The molecular weight excluding hydrogens is 210 g/mol. The minimum absolute atomic E-state index is 0.339. The molecule has 1 unspecified atom stereocenters. The van der Waals surface area contributed by atoms with E-state index in [0.29, 0.717) is 12.6 Å². The highest BCUT2D eigenvalue weighted by Crippen LogP contribution is 2.33. The van der Waals surface area contributed by atoms with Gasteiger partial charge in [0.15, 0.2) is 0 Å². The summed E-state index contributed by atoms with van der Waals surface area (Å²) in [5.74, 6) is 0. The summed E-state index contributed by atoms with van der Waals surface area (Å²) in [6.07, 6.45) is 1.12. The lowest BCUT2D eigenvalue weighted by molar-refractivity contribution is 0.233. The summed E-state index contributed by atoms with van der Waals surface area (Å²) >= 11 is 0. The van der Waals surface area contributed by atoms with Gasteiger partial charge in [0, 0.05) is 29.7 Å². The zero-order valence-electron chi connectivity index (χ0n) is 10.5. The normalized spacial score (nSPS) is 20.8. The fourth-order valence-electron chi connectivity index (χ4n) is 2.91. The lowest BCUT2D eigenvalue weighted by atomic mass is 9.97. The zero-order valence-corrected chi connectivity index (χ0v) is 10.5. The van der Waals surface area contributed by atoms with Crippen molar-refractivity contribution < 1.29 is 0 Å². The van der Waals surface area contributed by atoms with Gasteiger partial charge in [-0.05, 0) is 37.6 Å². The van der Waals surface area contributed by atoms with Crippen LogP contribution in [0, 0.1) is 6.92 Å². The maximum atomic E-state index is 5.90. The average molecular weight is 229 g/mol. The van der Waals surface area contributed by atoms with Crippen molar-refractivity contribution in [3.05, 3.63) is 35.0 Å². The second-order valence-electron chi connectivity index (χ2n) is 5.05. The summed E-state index contributed by atoms with van der Waals surface area (Å²) in [6, 6.07) is 6.98. The van der Waals surface area contributed by atoms with Gasteiger partial charge in [-0.3, -0.25) is 4.90 Å². The van der Waals surface area contributed by atoms with Gasteiger partial charge in [-0.2, -0.15) is 0 Å². The number of hydrogen-bond acceptors (Lipinski definition) is 2. The molecule has 1 aliphatic heterocycles. The smallest absolute Gasteiger partial charge is 0.0623 e. The molecule has 1 aliphatic rings. The van der Waals surface area contributed by atoms with Crippen molar-refractivity contribution in [3.63, 3.8) is 0 Å². The summed E-state index contributed by atoms with van der Waals surface area (Å²) in [4.78, 5) is 5.90. The van der Waals surface area contributed by atoms with Gasteiger partial charge in [0.2, 0.25) is 0 Å². The summed E-state index contributed by atoms with van der Waals surface area (Å²) in [7, 11) is 2.15. The van der Waals surface area contributed by atoms with Crippen molar-refractivity contribution in [2.45, 2.75) is 19.4 Å². The van der Waals surface area contributed by atoms with Crippen molar-refractivity contribution >= 4 is 10.9 Å². The third-order valence-electron chi connectivity index (χ3n) is 3.90. The maximum Gasteiger partial charge on any atom is 0.0623 e. The molecule has 3 N–H and O–H groups in total. The number of likely N-dealkylation sites (N-methyl/N-ethyl adjacent to an activating group) is 1. The Hall–Kier alpha value is -1.32. The first-order valence-corrected chi connectivity index (χ1v) is 6.22. The van der Waals surface area contributed by atoms with E-state index in [1.54, 1.807) is 0 Å². The van der Waals surface area contributed by atoms with Crippen LogP contribution in [0.2, 0.25) is 0 Å². The van der Waals surface area contributed by atoms with Crippen molar-refractivity contribution in [2.24, 2.45) is 5.73 Å². The van der Waals surface area contributed by atoms with Crippen molar-refractivity contribution in [3.8, 4) is 0 Å². The van der Waals surface area contributed by atoms with Gasteiger partial charge in [0.05, 0.1) is 6.04 Å². The van der Waals surface area contributed by atoms with Crippen LogP contribution in [-0.2, 0) is 6.42 Å². The Balaban J connectivity index is 2.22. The van der Waals surface area contributed by atoms with Crippen LogP contribution >= 0.6 is 0 Å². The highest BCUT2D eigenvalue weighted by atomic mass is 15.2. The molecule has 0 saturated carbocycles. The Morgan fingerprint density at radius 1 is 1.47 bits per heavy atom. The zero-order chi connectivity index (χ0) is 12.0. The first-order chi connectivity index (χ1) is 8.20. The Bertz CT molecular complexity index is 556. The van der Waals surface area contributed by atoms with Gasteiger partial charge in [-0.1, -0.05) is 12.1 Å². The minimum Gasteiger partial charge on any atom is -0.357 e. The predicted octanol–water partition coefficient (Wildman–Crippen LogP) is 1.96. The number of nitrogens with two attached hydrogens (primary N) is 1. The number of benzene rings is 1. The molecule has 0 aliphatic carbocycles. The Morgan fingerprint density at radius 2 is 2.29 bits per heavy atom. The largest absolute Gasteiger partial charge is 0.357 e. The Morgan fingerprint density at radius 3 is 3.06 bits per heavy atom. The topological polar surface area (TPSA) is 45.1 Å². The summed E-state index contributed by atoms with van der Waals surface area (Å²) in [6.45, 7) is 3.90. The molecule has 0 amide bonds. The number of hydrogen-bond donors (Lipinski definition) is 2. The molecule has 1 aromatic carbocycles. The number of H-pyrrole nitrogens is 1. The molecule has 3 rings (SSSR count). The van der Waals surface area contributed by atoms with Crippen molar-refractivity contribution in [1.82, 2.24) is 9.88 Å². The third-order valence-corrected chi connectivity index (χ3v) is 3.90. The number of fused-ring (bicyclic) bond motifs is 3. The number of aromatic nitrogens is 1. The molecule has 2 heterocycles. The molecule has 1 atom stereocenters.